The highest BCUT2D eigenvalue weighted by Crippen LogP contribution is 2.67. The third-order valence-corrected chi connectivity index (χ3v) is 7.55. The lowest BCUT2D eigenvalue weighted by Crippen LogP contribution is -2.61. The maximum absolute atomic E-state index is 16.3. The number of halogens is 2. The Hall–Kier alpha value is -0.740. The van der Waals surface area contributed by atoms with Crippen molar-refractivity contribution in [3.63, 3.8) is 0 Å². The first-order valence-corrected chi connectivity index (χ1v) is 8.76. The minimum Gasteiger partial charge on any atom is -0.362 e. The van der Waals surface area contributed by atoms with Crippen molar-refractivity contribution in [1.82, 2.24) is 0 Å². The van der Waals surface area contributed by atoms with Gasteiger partial charge in [-0.1, -0.05) is 32.1 Å². The molecule has 2 saturated carbocycles. The summed E-state index contributed by atoms with van der Waals surface area (Å²) in [5.74, 6) is -2.35. The van der Waals surface area contributed by atoms with Gasteiger partial charge in [0.15, 0.2) is 5.79 Å². The Morgan fingerprint density at radius 2 is 1.78 bits per heavy atom. The zero-order valence-corrected chi connectivity index (χ0v) is 13.8. The fourth-order valence-electron chi connectivity index (χ4n) is 6.04. The summed E-state index contributed by atoms with van der Waals surface area (Å²) in [5.41, 5.74) is -2.30. The highest BCUT2D eigenvalue weighted by molar-refractivity contribution is 5.30. The predicted octanol–water partition coefficient (Wildman–Crippen LogP) is 3.69. The smallest absolute Gasteiger partial charge is 0.183 e. The van der Waals surface area contributed by atoms with Crippen LogP contribution in [0.4, 0.5) is 8.78 Å². The van der Waals surface area contributed by atoms with E-state index in [1.54, 1.807) is 6.08 Å². The van der Waals surface area contributed by atoms with Crippen LogP contribution in [0.3, 0.4) is 0 Å². The van der Waals surface area contributed by atoms with Gasteiger partial charge in [-0.05, 0) is 49.0 Å². The number of fused-ring (bicyclic) bond motifs is 5. The molecule has 4 aliphatic carbocycles. The number of aliphatic hydroxyl groups is 2. The number of hydrogen-bond acceptors (Lipinski definition) is 2. The molecular weight excluding hydrogens is 298 g/mol. The van der Waals surface area contributed by atoms with Crippen molar-refractivity contribution < 1.29 is 19.0 Å². The summed E-state index contributed by atoms with van der Waals surface area (Å²) in [6, 6.07) is 0. The molecule has 2 fully saturated rings. The van der Waals surface area contributed by atoms with Gasteiger partial charge in [-0.15, -0.1) is 0 Å². The molecule has 4 aliphatic rings. The predicted molar refractivity (Wildman–Crippen MR) is 84.0 cm³/mol. The number of allylic oxidation sites excluding steroid dienone is 3. The summed E-state index contributed by atoms with van der Waals surface area (Å²) in [5, 5.41) is 19.8. The summed E-state index contributed by atoms with van der Waals surface area (Å²) < 4.78 is 30.4. The van der Waals surface area contributed by atoms with Crippen LogP contribution in [-0.4, -0.2) is 27.8 Å². The molecule has 2 N–H and O–H groups in total. The molecule has 1 unspecified atom stereocenters. The van der Waals surface area contributed by atoms with E-state index in [0.717, 1.165) is 0 Å². The van der Waals surface area contributed by atoms with Gasteiger partial charge < -0.3 is 10.2 Å². The molecule has 0 radical (unpaired) electrons. The minimum atomic E-state index is -1.86. The van der Waals surface area contributed by atoms with E-state index in [4.69, 9.17) is 0 Å². The maximum Gasteiger partial charge on any atom is 0.183 e. The molecule has 0 aliphatic heterocycles. The second kappa shape index (κ2) is 4.45. The van der Waals surface area contributed by atoms with E-state index in [2.05, 4.69) is 6.92 Å². The summed E-state index contributed by atoms with van der Waals surface area (Å²) in [7, 11) is 0. The largest absolute Gasteiger partial charge is 0.362 e. The molecule has 0 amide bonds. The van der Waals surface area contributed by atoms with Gasteiger partial charge in [-0.25, -0.2) is 8.78 Å². The number of hydrogen-bond donors (Lipinski definition) is 2. The fraction of sp³-hybridized carbons (Fsp3) is 0.789. The van der Waals surface area contributed by atoms with E-state index in [1.165, 1.54) is 6.08 Å². The highest BCUT2D eigenvalue weighted by atomic mass is 19.1. The Balaban J connectivity index is 1.77. The van der Waals surface area contributed by atoms with E-state index in [1.807, 2.05) is 19.1 Å². The summed E-state index contributed by atoms with van der Waals surface area (Å²) in [4.78, 5) is 0. The number of alkyl halides is 2. The Labute approximate surface area is 136 Å². The van der Waals surface area contributed by atoms with Crippen molar-refractivity contribution in [2.45, 2.75) is 63.6 Å². The van der Waals surface area contributed by atoms with E-state index >= 15 is 4.39 Å². The first-order valence-electron chi connectivity index (χ1n) is 8.76. The first kappa shape index (κ1) is 15.8. The Bertz CT molecular complexity index is 586. The van der Waals surface area contributed by atoms with Crippen LogP contribution in [0.2, 0.25) is 0 Å². The molecule has 7 atom stereocenters. The van der Waals surface area contributed by atoms with Crippen LogP contribution in [-0.2, 0) is 0 Å². The van der Waals surface area contributed by atoms with Gasteiger partial charge in [0.25, 0.3) is 0 Å². The van der Waals surface area contributed by atoms with Crippen molar-refractivity contribution in [1.29, 1.82) is 0 Å². The molecule has 0 bridgehead atoms. The van der Waals surface area contributed by atoms with E-state index in [9.17, 15) is 14.6 Å². The molecule has 0 aromatic heterocycles. The molecule has 0 saturated heterocycles. The lowest BCUT2D eigenvalue weighted by Gasteiger charge is -2.60. The molecule has 0 spiro atoms. The van der Waals surface area contributed by atoms with Crippen LogP contribution in [0.1, 0.15) is 46.0 Å². The van der Waals surface area contributed by atoms with Crippen molar-refractivity contribution in [2.75, 3.05) is 0 Å². The van der Waals surface area contributed by atoms with Gasteiger partial charge in [-0.2, -0.15) is 0 Å². The van der Waals surface area contributed by atoms with Crippen LogP contribution in [0.15, 0.2) is 24.3 Å². The summed E-state index contributed by atoms with van der Waals surface area (Å²) in [6.45, 7) is 4.01. The monoisotopic (exact) mass is 324 g/mol. The lowest BCUT2D eigenvalue weighted by molar-refractivity contribution is -0.172. The average Bonchev–Trinajstić information content (AvgIpc) is 2.75. The molecule has 0 aromatic rings. The third-order valence-electron chi connectivity index (χ3n) is 7.55. The normalized spacial score (nSPS) is 56.8. The van der Waals surface area contributed by atoms with Gasteiger partial charge in [-0.3, -0.25) is 0 Å². The zero-order chi connectivity index (χ0) is 16.7. The lowest BCUT2D eigenvalue weighted by atomic mass is 9.47. The SMILES string of the molecule is C[C@]12CC[C@@]3(F)[C@@H](C=CC4CC(O)(O)C=C[C@@]43C)[C@@H]1C[C@@H](F)C2. The third kappa shape index (κ3) is 1.97. The second-order valence-electron chi connectivity index (χ2n) is 8.88. The summed E-state index contributed by atoms with van der Waals surface area (Å²) in [6.07, 6.45) is 8.28. The van der Waals surface area contributed by atoms with Gasteiger partial charge in [0, 0.05) is 17.8 Å². The highest BCUT2D eigenvalue weighted by Gasteiger charge is 2.66. The van der Waals surface area contributed by atoms with Crippen molar-refractivity contribution in [3.05, 3.63) is 24.3 Å². The van der Waals surface area contributed by atoms with Crippen molar-refractivity contribution >= 4 is 0 Å². The number of rotatable bonds is 0. The van der Waals surface area contributed by atoms with E-state index in [0.29, 0.717) is 25.7 Å². The van der Waals surface area contributed by atoms with Crippen LogP contribution in [0.25, 0.3) is 0 Å². The van der Waals surface area contributed by atoms with Gasteiger partial charge in [0.1, 0.15) is 11.8 Å². The molecule has 4 rings (SSSR count). The molecule has 0 aromatic carbocycles. The summed E-state index contributed by atoms with van der Waals surface area (Å²) >= 11 is 0. The topological polar surface area (TPSA) is 40.5 Å². The Kier molecular flexibility index (Phi) is 3.05. The molecule has 0 heterocycles. The maximum atomic E-state index is 16.3. The Morgan fingerprint density at radius 3 is 2.52 bits per heavy atom. The molecular formula is C19H26F2O2. The van der Waals surface area contributed by atoms with E-state index in [-0.39, 0.29) is 29.6 Å². The van der Waals surface area contributed by atoms with E-state index < -0.39 is 23.0 Å². The molecule has 23 heavy (non-hydrogen) atoms. The zero-order valence-electron chi connectivity index (χ0n) is 13.8. The standard InChI is InChI=1S/C19H26F2O2/c1-16-5-8-19(21)14(15(16)9-13(20)11-16)4-3-12-10-18(22,23)7-6-17(12,19)2/h3-4,6-7,12-15,22-23H,5,8-11H2,1-2H3/t12?,13-,14+,15+,16-,17+,19-/m1/s1. The van der Waals surface area contributed by atoms with Crippen molar-refractivity contribution in [2.24, 2.45) is 28.6 Å². The Morgan fingerprint density at radius 1 is 1.04 bits per heavy atom. The first-order chi connectivity index (χ1) is 10.6. The molecule has 2 nitrogen and oxygen atoms in total. The van der Waals surface area contributed by atoms with Gasteiger partial charge in [0.05, 0.1) is 0 Å². The van der Waals surface area contributed by atoms with Crippen LogP contribution in [0, 0.1) is 28.6 Å². The van der Waals surface area contributed by atoms with Crippen LogP contribution < -0.4 is 0 Å². The van der Waals surface area contributed by atoms with Crippen molar-refractivity contribution in [3.8, 4) is 0 Å². The fourth-order valence-corrected chi connectivity index (χ4v) is 6.04. The average molecular weight is 324 g/mol. The van der Waals surface area contributed by atoms with Gasteiger partial charge in [0.2, 0.25) is 0 Å². The molecule has 128 valence electrons. The second-order valence-corrected chi connectivity index (χ2v) is 8.88. The quantitative estimate of drug-likeness (QED) is 0.527. The molecule has 4 heteroatoms. The minimum absolute atomic E-state index is 0.0358. The van der Waals surface area contributed by atoms with Gasteiger partial charge >= 0.3 is 0 Å². The van der Waals surface area contributed by atoms with Crippen LogP contribution in [0.5, 0.6) is 0 Å². The van der Waals surface area contributed by atoms with Crippen LogP contribution >= 0.6 is 0 Å².